The van der Waals surface area contributed by atoms with Gasteiger partial charge in [0.05, 0.1) is 11.4 Å². The second-order valence-corrected chi connectivity index (χ2v) is 4.95. The minimum Gasteiger partial charge on any atom is -0.378 e. The third-order valence-corrected chi connectivity index (χ3v) is 3.44. The smallest absolute Gasteiger partial charge is 0.260 e. The van der Waals surface area contributed by atoms with Crippen LogP contribution in [0.5, 0.6) is 0 Å². The number of hydrogen-bond donors (Lipinski definition) is 2. The average molecular weight is 300 g/mol. The van der Waals surface area contributed by atoms with E-state index in [0.29, 0.717) is 11.3 Å². The SMILES string of the molecule is O=C1CN(C(=O)C(O)c2ccccc2)c2ccc(F)cc2N1. The lowest BCUT2D eigenvalue weighted by atomic mass is 10.1. The molecule has 2 N–H and O–H groups in total. The molecule has 2 amide bonds. The van der Waals surface area contributed by atoms with Gasteiger partial charge in [0.2, 0.25) is 5.91 Å². The first-order chi connectivity index (χ1) is 10.6. The molecule has 0 fully saturated rings. The number of benzene rings is 2. The average Bonchev–Trinajstić information content (AvgIpc) is 2.53. The van der Waals surface area contributed by atoms with E-state index >= 15 is 0 Å². The fourth-order valence-corrected chi connectivity index (χ4v) is 2.38. The van der Waals surface area contributed by atoms with Crippen molar-refractivity contribution in [1.82, 2.24) is 0 Å². The predicted octanol–water partition coefficient (Wildman–Crippen LogP) is 1.84. The Morgan fingerprint density at radius 2 is 1.95 bits per heavy atom. The van der Waals surface area contributed by atoms with E-state index in [4.69, 9.17) is 0 Å². The highest BCUT2D eigenvalue weighted by Crippen LogP contribution is 2.32. The van der Waals surface area contributed by atoms with E-state index in [9.17, 15) is 19.1 Å². The zero-order valence-corrected chi connectivity index (χ0v) is 11.5. The van der Waals surface area contributed by atoms with Crippen LogP contribution in [-0.4, -0.2) is 23.5 Å². The highest BCUT2D eigenvalue weighted by atomic mass is 19.1. The normalized spacial score (nSPS) is 15.0. The quantitative estimate of drug-likeness (QED) is 0.889. The molecule has 1 aliphatic heterocycles. The van der Waals surface area contributed by atoms with Crippen molar-refractivity contribution in [1.29, 1.82) is 0 Å². The summed E-state index contributed by atoms with van der Waals surface area (Å²) in [7, 11) is 0. The molecular formula is C16H13FN2O3. The number of hydrogen-bond acceptors (Lipinski definition) is 3. The topological polar surface area (TPSA) is 69.6 Å². The molecule has 0 aromatic heterocycles. The molecule has 0 saturated carbocycles. The van der Waals surface area contributed by atoms with Gasteiger partial charge in [-0.15, -0.1) is 0 Å². The van der Waals surface area contributed by atoms with Crippen molar-refractivity contribution < 1.29 is 19.1 Å². The minimum atomic E-state index is -1.38. The van der Waals surface area contributed by atoms with Crippen LogP contribution < -0.4 is 10.2 Å². The molecule has 0 radical (unpaired) electrons. The summed E-state index contributed by atoms with van der Waals surface area (Å²) in [6, 6.07) is 12.2. The first-order valence-corrected chi connectivity index (χ1v) is 6.70. The molecule has 1 atom stereocenters. The van der Waals surface area contributed by atoms with Gasteiger partial charge in [0, 0.05) is 0 Å². The maximum atomic E-state index is 13.3. The van der Waals surface area contributed by atoms with Gasteiger partial charge in [-0.05, 0) is 23.8 Å². The van der Waals surface area contributed by atoms with Gasteiger partial charge >= 0.3 is 0 Å². The van der Waals surface area contributed by atoms with E-state index in [1.807, 2.05) is 0 Å². The van der Waals surface area contributed by atoms with Gasteiger partial charge in [-0.2, -0.15) is 0 Å². The second kappa shape index (κ2) is 5.57. The maximum absolute atomic E-state index is 13.3. The Morgan fingerprint density at radius 1 is 1.23 bits per heavy atom. The maximum Gasteiger partial charge on any atom is 0.260 e. The number of rotatable bonds is 2. The molecule has 3 rings (SSSR count). The Bertz CT molecular complexity index is 733. The van der Waals surface area contributed by atoms with Crippen LogP contribution in [0.4, 0.5) is 15.8 Å². The minimum absolute atomic E-state index is 0.213. The number of carbonyl (C=O) groups excluding carboxylic acids is 2. The number of halogens is 1. The zero-order valence-electron chi connectivity index (χ0n) is 11.5. The Labute approximate surface area is 126 Å². The third-order valence-electron chi connectivity index (χ3n) is 3.44. The van der Waals surface area contributed by atoms with Crippen molar-refractivity contribution in [2.24, 2.45) is 0 Å². The summed E-state index contributed by atoms with van der Waals surface area (Å²) in [4.78, 5) is 25.4. The van der Waals surface area contributed by atoms with Crippen molar-refractivity contribution >= 4 is 23.2 Å². The molecule has 0 bridgehead atoms. The number of nitrogens with one attached hydrogen (secondary N) is 1. The first-order valence-electron chi connectivity index (χ1n) is 6.70. The molecule has 2 aromatic rings. The lowest BCUT2D eigenvalue weighted by Gasteiger charge is -2.30. The lowest BCUT2D eigenvalue weighted by molar-refractivity contribution is -0.128. The van der Waals surface area contributed by atoms with E-state index in [1.54, 1.807) is 30.3 Å². The summed E-state index contributed by atoms with van der Waals surface area (Å²) in [5.41, 5.74) is 1.01. The number of carbonyl (C=O) groups is 2. The Kier molecular flexibility index (Phi) is 3.60. The fraction of sp³-hybridized carbons (Fsp3) is 0.125. The van der Waals surface area contributed by atoms with Crippen LogP contribution in [0.15, 0.2) is 48.5 Å². The van der Waals surface area contributed by atoms with E-state index < -0.39 is 23.7 Å². The van der Waals surface area contributed by atoms with E-state index in [-0.39, 0.29) is 12.2 Å². The van der Waals surface area contributed by atoms with Crippen LogP contribution in [0, 0.1) is 5.82 Å². The molecule has 6 heteroatoms. The van der Waals surface area contributed by atoms with Gasteiger partial charge < -0.3 is 10.4 Å². The van der Waals surface area contributed by atoms with Crippen LogP contribution in [0.3, 0.4) is 0 Å². The number of aliphatic hydroxyl groups excluding tert-OH is 1. The van der Waals surface area contributed by atoms with Gasteiger partial charge in [0.25, 0.3) is 5.91 Å². The lowest BCUT2D eigenvalue weighted by Crippen LogP contribution is -2.44. The molecule has 0 saturated heterocycles. The summed E-state index contributed by atoms with van der Waals surface area (Å²) in [5, 5.41) is 12.7. The summed E-state index contributed by atoms with van der Waals surface area (Å²) in [6.07, 6.45) is -1.38. The zero-order chi connectivity index (χ0) is 15.7. The van der Waals surface area contributed by atoms with Crippen molar-refractivity contribution in [2.75, 3.05) is 16.8 Å². The van der Waals surface area contributed by atoms with Crippen molar-refractivity contribution in [2.45, 2.75) is 6.10 Å². The Hall–Kier alpha value is -2.73. The second-order valence-electron chi connectivity index (χ2n) is 4.95. The number of fused-ring (bicyclic) bond motifs is 1. The number of nitrogens with zero attached hydrogens (tertiary/aromatic N) is 1. The van der Waals surface area contributed by atoms with Crippen LogP contribution in [0.2, 0.25) is 0 Å². The molecule has 2 aromatic carbocycles. The third kappa shape index (κ3) is 2.56. The van der Waals surface area contributed by atoms with Crippen LogP contribution in [-0.2, 0) is 9.59 Å². The van der Waals surface area contributed by atoms with Crippen molar-refractivity contribution in [3.8, 4) is 0 Å². The van der Waals surface area contributed by atoms with E-state index in [0.717, 1.165) is 11.0 Å². The molecule has 1 aliphatic rings. The highest BCUT2D eigenvalue weighted by Gasteiger charge is 2.31. The summed E-state index contributed by atoms with van der Waals surface area (Å²) >= 11 is 0. The monoisotopic (exact) mass is 300 g/mol. The van der Waals surface area contributed by atoms with Crippen molar-refractivity contribution in [3.63, 3.8) is 0 Å². The van der Waals surface area contributed by atoms with Crippen LogP contribution in [0.1, 0.15) is 11.7 Å². The summed E-state index contributed by atoms with van der Waals surface area (Å²) in [5.74, 6) is -1.59. The number of aliphatic hydroxyl groups is 1. The first kappa shape index (κ1) is 14.2. The standard InChI is InChI=1S/C16H13FN2O3/c17-11-6-7-13-12(8-11)18-14(20)9-19(13)16(22)15(21)10-4-2-1-3-5-10/h1-8,15,21H,9H2,(H,18,20). The molecule has 112 valence electrons. The molecular weight excluding hydrogens is 287 g/mol. The van der Waals surface area contributed by atoms with E-state index in [1.165, 1.54) is 12.1 Å². The molecule has 1 unspecified atom stereocenters. The fourth-order valence-electron chi connectivity index (χ4n) is 2.38. The van der Waals surface area contributed by atoms with Gasteiger partial charge in [0.1, 0.15) is 12.4 Å². The number of anilines is 2. The van der Waals surface area contributed by atoms with Gasteiger partial charge in [-0.3, -0.25) is 14.5 Å². The summed E-state index contributed by atoms with van der Waals surface area (Å²) in [6.45, 7) is -0.221. The molecule has 1 heterocycles. The molecule has 22 heavy (non-hydrogen) atoms. The van der Waals surface area contributed by atoms with Crippen LogP contribution >= 0.6 is 0 Å². The Morgan fingerprint density at radius 3 is 2.68 bits per heavy atom. The van der Waals surface area contributed by atoms with Gasteiger partial charge in [-0.1, -0.05) is 30.3 Å². The van der Waals surface area contributed by atoms with Gasteiger partial charge in [0.15, 0.2) is 6.10 Å². The molecule has 0 spiro atoms. The van der Waals surface area contributed by atoms with Crippen molar-refractivity contribution in [3.05, 3.63) is 59.9 Å². The van der Waals surface area contributed by atoms with Crippen LogP contribution in [0.25, 0.3) is 0 Å². The molecule has 0 aliphatic carbocycles. The van der Waals surface area contributed by atoms with Gasteiger partial charge in [-0.25, -0.2) is 4.39 Å². The predicted molar refractivity (Wildman–Crippen MR) is 78.8 cm³/mol. The largest absolute Gasteiger partial charge is 0.378 e. The summed E-state index contributed by atoms with van der Waals surface area (Å²) < 4.78 is 13.3. The van der Waals surface area contributed by atoms with E-state index in [2.05, 4.69) is 5.32 Å². The molecule has 5 nitrogen and oxygen atoms in total. The highest BCUT2D eigenvalue weighted by molar-refractivity contribution is 6.11. The number of amides is 2. The Balaban J connectivity index is 1.95.